The molecule has 0 unspecified atom stereocenters. The van der Waals surface area contributed by atoms with Gasteiger partial charge in [0.25, 0.3) is 0 Å². The normalized spacial score (nSPS) is 14.9. The highest BCUT2D eigenvalue weighted by Gasteiger charge is 2.24. The predicted octanol–water partition coefficient (Wildman–Crippen LogP) is 3.37. The topological polar surface area (TPSA) is 74.6 Å². The van der Waals surface area contributed by atoms with Crippen LogP contribution in [0.5, 0.6) is 0 Å². The number of nitrogens with one attached hydrogen (secondary N) is 2. The van der Waals surface area contributed by atoms with Crippen LogP contribution >= 0.6 is 24.0 Å². The van der Waals surface area contributed by atoms with Crippen molar-refractivity contribution in [1.82, 2.24) is 25.3 Å². The molecule has 0 spiro atoms. The van der Waals surface area contributed by atoms with Crippen LogP contribution in [-0.2, 0) is 11.2 Å². The summed E-state index contributed by atoms with van der Waals surface area (Å²) in [4.78, 5) is 18.8. The predicted molar refractivity (Wildman–Crippen MR) is 136 cm³/mol. The van der Waals surface area contributed by atoms with Crippen LogP contribution in [0.25, 0.3) is 5.69 Å². The Balaban J connectivity index is 0.00000363. The number of halogens is 2. The molecule has 32 heavy (non-hydrogen) atoms. The number of benzene rings is 1. The number of rotatable bonds is 7. The molecule has 1 saturated heterocycles. The zero-order valence-corrected chi connectivity index (χ0v) is 21.4. The molecule has 1 aromatic carbocycles. The number of nitrogens with zero attached hydrogens (tertiary/aromatic N) is 4. The number of carbonyl (C=O) groups is 1. The third-order valence-electron chi connectivity index (χ3n) is 5.36. The fraction of sp³-hybridized carbons (Fsp3) is 0.522. The maximum atomic E-state index is 13.1. The van der Waals surface area contributed by atoms with E-state index in [1.165, 1.54) is 12.1 Å². The monoisotopic (exact) mass is 556 g/mol. The summed E-state index contributed by atoms with van der Waals surface area (Å²) >= 11 is 0. The van der Waals surface area contributed by atoms with E-state index in [2.05, 4.69) is 15.7 Å². The Morgan fingerprint density at radius 3 is 2.53 bits per heavy atom. The number of aromatic nitrogens is 2. The molecule has 7 nitrogen and oxygen atoms in total. The van der Waals surface area contributed by atoms with Gasteiger partial charge in [0.15, 0.2) is 5.96 Å². The minimum atomic E-state index is -0.258. The minimum absolute atomic E-state index is 0. The minimum Gasteiger partial charge on any atom is -0.357 e. The van der Waals surface area contributed by atoms with Gasteiger partial charge in [0.2, 0.25) is 5.91 Å². The maximum absolute atomic E-state index is 13.1. The smallest absolute Gasteiger partial charge is 0.225 e. The Hall–Kier alpha value is -2.17. The van der Waals surface area contributed by atoms with Gasteiger partial charge in [0.1, 0.15) is 5.82 Å². The molecule has 2 heterocycles. The van der Waals surface area contributed by atoms with Gasteiger partial charge in [-0.3, -0.25) is 9.79 Å². The lowest BCUT2D eigenvalue weighted by atomic mass is 10.0. The molecule has 1 fully saturated rings. The molecule has 9 heteroatoms. The molecular weight excluding hydrogens is 522 g/mol. The highest BCUT2D eigenvalue weighted by molar-refractivity contribution is 14.0. The van der Waals surface area contributed by atoms with E-state index in [0.29, 0.717) is 19.0 Å². The van der Waals surface area contributed by atoms with Gasteiger partial charge < -0.3 is 15.5 Å². The third kappa shape index (κ3) is 7.46. The number of likely N-dealkylation sites (tertiary alicyclic amines) is 1. The van der Waals surface area contributed by atoms with Gasteiger partial charge in [0, 0.05) is 50.8 Å². The van der Waals surface area contributed by atoms with E-state index in [0.717, 1.165) is 49.8 Å². The molecule has 176 valence electrons. The molecule has 1 aromatic heterocycles. The Bertz CT molecular complexity index is 875. The fourth-order valence-corrected chi connectivity index (χ4v) is 3.64. The molecule has 1 amide bonds. The summed E-state index contributed by atoms with van der Waals surface area (Å²) in [6.07, 6.45) is 4.43. The van der Waals surface area contributed by atoms with E-state index in [4.69, 9.17) is 4.99 Å². The van der Waals surface area contributed by atoms with Crippen LogP contribution in [0.1, 0.15) is 39.3 Å². The fourth-order valence-electron chi connectivity index (χ4n) is 3.64. The maximum Gasteiger partial charge on any atom is 0.225 e. The largest absolute Gasteiger partial charge is 0.357 e. The molecule has 0 radical (unpaired) electrons. The second kappa shape index (κ2) is 12.8. The number of hydrogen-bond acceptors (Lipinski definition) is 3. The molecule has 0 aliphatic carbocycles. The van der Waals surface area contributed by atoms with Gasteiger partial charge in [-0.2, -0.15) is 5.10 Å². The number of hydrogen-bond donors (Lipinski definition) is 2. The molecule has 2 N–H and O–H groups in total. The summed E-state index contributed by atoms with van der Waals surface area (Å²) in [7, 11) is 0. The molecule has 2 aromatic rings. The lowest BCUT2D eigenvalue weighted by Crippen LogP contribution is -2.50. The van der Waals surface area contributed by atoms with Crippen LogP contribution in [0, 0.1) is 11.7 Å². The highest BCUT2D eigenvalue weighted by atomic mass is 127. The first-order valence-corrected chi connectivity index (χ1v) is 11.1. The summed E-state index contributed by atoms with van der Waals surface area (Å²) in [6, 6.07) is 8.54. The lowest BCUT2D eigenvalue weighted by molar-refractivity contribution is -0.135. The van der Waals surface area contributed by atoms with Crippen LogP contribution in [0.2, 0.25) is 0 Å². The van der Waals surface area contributed by atoms with E-state index < -0.39 is 0 Å². The number of guanidine groups is 1. The molecule has 3 rings (SSSR count). The first-order valence-electron chi connectivity index (χ1n) is 11.1. The second-order valence-corrected chi connectivity index (χ2v) is 8.14. The second-order valence-electron chi connectivity index (χ2n) is 8.14. The molecule has 1 aliphatic rings. The number of amides is 1. The van der Waals surface area contributed by atoms with Crippen molar-refractivity contribution in [3.05, 3.63) is 48.0 Å². The summed E-state index contributed by atoms with van der Waals surface area (Å²) < 4.78 is 14.8. The molecule has 1 aliphatic heterocycles. The van der Waals surface area contributed by atoms with E-state index in [1.807, 2.05) is 37.9 Å². The van der Waals surface area contributed by atoms with Crippen molar-refractivity contribution in [2.75, 3.05) is 26.2 Å². The van der Waals surface area contributed by atoms with Crippen molar-refractivity contribution in [1.29, 1.82) is 0 Å². The van der Waals surface area contributed by atoms with Crippen molar-refractivity contribution < 1.29 is 9.18 Å². The summed E-state index contributed by atoms with van der Waals surface area (Å²) in [5, 5.41) is 11.4. The average Bonchev–Trinajstić information content (AvgIpc) is 3.23. The van der Waals surface area contributed by atoms with Crippen molar-refractivity contribution >= 4 is 35.8 Å². The van der Waals surface area contributed by atoms with Crippen LogP contribution in [0.3, 0.4) is 0 Å². The first-order chi connectivity index (χ1) is 15.0. The van der Waals surface area contributed by atoms with Crippen molar-refractivity contribution in [2.45, 2.75) is 46.1 Å². The number of aliphatic imine (C=N–C) groups is 1. The average molecular weight is 556 g/mol. The van der Waals surface area contributed by atoms with Crippen molar-refractivity contribution in [3.8, 4) is 5.69 Å². The van der Waals surface area contributed by atoms with Crippen LogP contribution in [0.4, 0.5) is 4.39 Å². The number of carbonyl (C=O) groups excluding carboxylic acids is 1. The van der Waals surface area contributed by atoms with Gasteiger partial charge in [-0.25, -0.2) is 9.07 Å². The van der Waals surface area contributed by atoms with Gasteiger partial charge in [-0.05, 0) is 50.1 Å². The van der Waals surface area contributed by atoms with Crippen LogP contribution in [0.15, 0.2) is 41.5 Å². The standard InChI is InChI=1S/C23H33FN6O.HI/c1-4-25-23(27-19-10-14-29(15-11-19)22(31)17(2)3)26-13-9-20-12-16-30(28-20)21-7-5-18(24)6-8-21;/h5-8,12,16-17,19H,4,9-11,13-15H2,1-3H3,(H2,25,26,27);1H. The van der Waals surface area contributed by atoms with Crippen molar-refractivity contribution in [3.63, 3.8) is 0 Å². The quantitative estimate of drug-likeness (QED) is 0.312. The molecule has 0 bridgehead atoms. The Morgan fingerprint density at radius 1 is 1.22 bits per heavy atom. The van der Waals surface area contributed by atoms with E-state index in [9.17, 15) is 9.18 Å². The number of piperidine rings is 1. The van der Waals surface area contributed by atoms with Crippen LogP contribution < -0.4 is 10.6 Å². The lowest BCUT2D eigenvalue weighted by Gasteiger charge is -2.34. The van der Waals surface area contributed by atoms with Gasteiger partial charge in [0.05, 0.1) is 11.4 Å². The van der Waals surface area contributed by atoms with E-state index >= 15 is 0 Å². The Kier molecular flexibility index (Phi) is 10.4. The molecule has 0 atom stereocenters. The van der Waals surface area contributed by atoms with E-state index in [1.54, 1.807) is 16.8 Å². The third-order valence-corrected chi connectivity index (χ3v) is 5.36. The SMILES string of the molecule is CCNC(=NCCc1ccn(-c2ccc(F)cc2)n1)NC1CCN(C(=O)C(C)C)CC1.I. The first kappa shape index (κ1) is 26.1. The van der Waals surface area contributed by atoms with Crippen LogP contribution in [-0.4, -0.2) is 58.8 Å². The summed E-state index contributed by atoms with van der Waals surface area (Å²) in [6.45, 7) is 8.92. The summed E-state index contributed by atoms with van der Waals surface area (Å²) in [5.74, 6) is 0.828. The Labute approximate surface area is 206 Å². The van der Waals surface area contributed by atoms with Crippen molar-refractivity contribution in [2.24, 2.45) is 10.9 Å². The molecular formula is C23H34FIN6O. The zero-order chi connectivity index (χ0) is 22.2. The Morgan fingerprint density at radius 2 is 1.91 bits per heavy atom. The highest BCUT2D eigenvalue weighted by Crippen LogP contribution is 2.13. The van der Waals surface area contributed by atoms with Gasteiger partial charge in [-0.15, -0.1) is 24.0 Å². The summed E-state index contributed by atoms with van der Waals surface area (Å²) in [5.41, 5.74) is 1.76. The van der Waals surface area contributed by atoms with Gasteiger partial charge >= 0.3 is 0 Å². The van der Waals surface area contributed by atoms with E-state index in [-0.39, 0.29) is 41.6 Å². The van der Waals surface area contributed by atoms with Gasteiger partial charge in [-0.1, -0.05) is 13.8 Å². The zero-order valence-electron chi connectivity index (χ0n) is 19.1. The molecule has 0 saturated carbocycles.